The van der Waals surface area contributed by atoms with E-state index < -0.39 is 0 Å². The normalized spacial score (nSPS) is 29.1. The third kappa shape index (κ3) is 1.91. The molecule has 2 heteroatoms. The molecule has 0 radical (unpaired) electrons. The molecule has 0 bridgehead atoms. The Bertz CT molecular complexity index is 350. The first-order chi connectivity index (χ1) is 7.23. The van der Waals surface area contributed by atoms with E-state index in [4.69, 9.17) is 11.6 Å². The molecule has 1 fully saturated rings. The van der Waals surface area contributed by atoms with E-state index in [2.05, 4.69) is 30.4 Å². The van der Waals surface area contributed by atoms with Gasteiger partial charge in [-0.3, -0.25) is 0 Å². The van der Waals surface area contributed by atoms with Gasteiger partial charge in [-0.05, 0) is 37.1 Å². The fraction of sp³-hybridized carbons (Fsp3) is 0.538. The van der Waals surface area contributed by atoms with Crippen molar-refractivity contribution < 1.29 is 0 Å². The second-order valence-corrected chi connectivity index (χ2v) is 4.94. The lowest BCUT2D eigenvalue weighted by molar-refractivity contribution is 0.554. The van der Waals surface area contributed by atoms with Crippen LogP contribution in [0.5, 0.6) is 0 Å². The van der Waals surface area contributed by atoms with Gasteiger partial charge in [0.05, 0.1) is 0 Å². The van der Waals surface area contributed by atoms with Gasteiger partial charge in [-0.15, -0.1) is 0 Å². The van der Waals surface area contributed by atoms with E-state index in [1.54, 1.807) is 0 Å². The standard InChI is InChI=1S/C13H18ClN/c1-3-10-8-13(10,9-15-2)11-5-4-6-12(14)7-11/h4-7,10,15H,3,8-9H2,1-2H3. The van der Waals surface area contributed by atoms with Gasteiger partial charge in [-0.1, -0.05) is 37.1 Å². The summed E-state index contributed by atoms with van der Waals surface area (Å²) in [5, 5.41) is 4.16. The molecular formula is C13H18ClN. The Kier molecular flexibility index (Phi) is 3.03. The van der Waals surface area contributed by atoms with E-state index in [0.717, 1.165) is 17.5 Å². The van der Waals surface area contributed by atoms with Crippen molar-refractivity contribution in [2.75, 3.05) is 13.6 Å². The van der Waals surface area contributed by atoms with Crippen molar-refractivity contribution in [2.24, 2.45) is 5.92 Å². The molecule has 82 valence electrons. The molecule has 0 spiro atoms. The van der Waals surface area contributed by atoms with Crippen molar-refractivity contribution >= 4 is 11.6 Å². The van der Waals surface area contributed by atoms with Gasteiger partial charge in [0.1, 0.15) is 0 Å². The van der Waals surface area contributed by atoms with E-state index in [9.17, 15) is 0 Å². The highest BCUT2D eigenvalue weighted by atomic mass is 35.5. The number of likely N-dealkylation sites (N-methyl/N-ethyl adjacent to an activating group) is 1. The molecule has 0 aromatic heterocycles. The first-order valence-corrected chi connectivity index (χ1v) is 6.01. The molecule has 0 amide bonds. The zero-order valence-corrected chi connectivity index (χ0v) is 10.1. The van der Waals surface area contributed by atoms with Crippen LogP contribution in [0.4, 0.5) is 0 Å². The summed E-state index contributed by atoms with van der Waals surface area (Å²) in [4.78, 5) is 0. The molecule has 1 aliphatic carbocycles. The van der Waals surface area contributed by atoms with Crippen LogP contribution in [0, 0.1) is 5.92 Å². The Morgan fingerprint density at radius 1 is 1.53 bits per heavy atom. The number of nitrogens with one attached hydrogen (secondary N) is 1. The van der Waals surface area contributed by atoms with Crippen LogP contribution in [-0.2, 0) is 5.41 Å². The van der Waals surface area contributed by atoms with Crippen LogP contribution < -0.4 is 5.32 Å². The largest absolute Gasteiger partial charge is 0.319 e. The second-order valence-electron chi connectivity index (χ2n) is 4.51. The summed E-state index contributed by atoms with van der Waals surface area (Å²) >= 11 is 6.05. The maximum Gasteiger partial charge on any atom is 0.0408 e. The van der Waals surface area contributed by atoms with Crippen LogP contribution in [0.3, 0.4) is 0 Å². The Morgan fingerprint density at radius 2 is 2.33 bits per heavy atom. The van der Waals surface area contributed by atoms with Crippen molar-refractivity contribution in [3.8, 4) is 0 Å². The number of hydrogen-bond acceptors (Lipinski definition) is 1. The lowest BCUT2D eigenvalue weighted by Gasteiger charge is -2.17. The summed E-state index contributed by atoms with van der Waals surface area (Å²) in [6.07, 6.45) is 2.55. The number of halogens is 1. The fourth-order valence-electron chi connectivity index (χ4n) is 2.70. The SMILES string of the molecule is CCC1CC1(CNC)c1cccc(Cl)c1. The van der Waals surface area contributed by atoms with Gasteiger partial charge >= 0.3 is 0 Å². The van der Waals surface area contributed by atoms with Gasteiger partial charge in [0.2, 0.25) is 0 Å². The second kappa shape index (κ2) is 4.15. The highest BCUT2D eigenvalue weighted by Gasteiger charge is 2.53. The van der Waals surface area contributed by atoms with Crippen molar-refractivity contribution in [3.05, 3.63) is 34.9 Å². The average molecular weight is 224 g/mol. The topological polar surface area (TPSA) is 12.0 Å². The van der Waals surface area contributed by atoms with Gasteiger partial charge in [0, 0.05) is 17.0 Å². The fourth-order valence-corrected chi connectivity index (χ4v) is 2.89. The highest BCUT2D eigenvalue weighted by molar-refractivity contribution is 6.30. The predicted molar refractivity (Wildman–Crippen MR) is 65.5 cm³/mol. The monoisotopic (exact) mass is 223 g/mol. The molecular weight excluding hydrogens is 206 g/mol. The highest BCUT2D eigenvalue weighted by Crippen LogP contribution is 2.55. The van der Waals surface area contributed by atoms with Gasteiger partial charge in [-0.2, -0.15) is 0 Å². The van der Waals surface area contributed by atoms with Crippen molar-refractivity contribution in [1.82, 2.24) is 5.32 Å². The summed E-state index contributed by atoms with van der Waals surface area (Å²) < 4.78 is 0. The third-order valence-corrected chi connectivity index (χ3v) is 3.85. The molecule has 0 heterocycles. The first-order valence-electron chi connectivity index (χ1n) is 5.63. The van der Waals surface area contributed by atoms with Crippen LogP contribution in [-0.4, -0.2) is 13.6 Å². The van der Waals surface area contributed by atoms with Gasteiger partial charge in [-0.25, -0.2) is 0 Å². The molecule has 1 N–H and O–H groups in total. The average Bonchev–Trinajstić information content (AvgIpc) is 2.94. The number of benzene rings is 1. The lowest BCUT2D eigenvalue weighted by atomic mass is 9.92. The van der Waals surface area contributed by atoms with E-state index in [-0.39, 0.29) is 0 Å². The van der Waals surface area contributed by atoms with Crippen LogP contribution in [0.2, 0.25) is 5.02 Å². The minimum atomic E-state index is 0.356. The molecule has 0 saturated heterocycles. The summed E-state index contributed by atoms with van der Waals surface area (Å²) in [7, 11) is 2.03. The van der Waals surface area contributed by atoms with Gasteiger partial charge < -0.3 is 5.32 Å². The van der Waals surface area contributed by atoms with E-state index in [1.807, 2.05) is 13.1 Å². The summed E-state index contributed by atoms with van der Waals surface area (Å²) in [5.41, 5.74) is 1.75. The maximum absolute atomic E-state index is 6.05. The van der Waals surface area contributed by atoms with Gasteiger partial charge in [0.15, 0.2) is 0 Å². The van der Waals surface area contributed by atoms with Crippen LogP contribution >= 0.6 is 11.6 Å². The quantitative estimate of drug-likeness (QED) is 0.827. The smallest absolute Gasteiger partial charge is 0.0408 e. The lowest BCUT2D eigenvalue weighted by Crippen LogP contribution is -2.25. The molecule has 15 heavy (non-hydrogen) atoms. The van der Waals surface area contributed by atoms with Crippen molar-refractivity contribution in [3.63, 3.8) is 0 Å². The predicted octanol–water partition coefficient (Wildman–Crippen LogP) is 3.23. The molecule has 2 rings (SSSR count). The molecule has 1 aromatic rings. The minimum absolute atomic E-state index is 0.356. The molecule has 2 unspecified atom stereocenters. The Balaban J connectivity index is 2.27. The zero-order chi connectivity index (χ0) is 10.9. The number of hydrogen-bond donors (Lipinski definition) is 1. The summed E-state index contributed by atoms with van der Waals surface area (Å²) in [6.45, 7) is 3.33. The van der Waals surface area contributed by atoms with Crippen LogP contribution in [0.1, 0.15) is 25.3 Å². The molecule has 0 aliphatic heterocycles. The Hall–Kier alpha value is -0.530. The van der Waals surface area contributed by atoms with Crippen molar-refractivity contribution in [2.45, 2.75) is 25.2 Å². The molecule has 1 aliphatic rings. The molecule has 1 nitrogen and oxygen atoms in total. The molecule has 2 atom stereocenters. The van der Waals surface area contributed by atoms with Gasteiger partial charge in [0.25, 0.3) is 0 Å². The van der Waals surface area contributed by atoms with E-state index in [0.29, 0.717) is 5.41 Å². The number of rotatable bonds is 4. The summed E-state index contributed by atoms with van der Waals surface area (Å²) in [6, 6.07) is 8.33. The van der Waals surface area contributed by atoms with E-state index >= 15 is 0 Å². The molecule has 1 aromatic carbocycles. The Morgan fingerprint density at radius 3 is 2.87 bits per heavy atom. The van der Waals surface area contributed by atoms with Crippen LogP contribution in [0.15, 0.2) is 24.3 Å². The first kappa shape index (κ1) is 11.0. The van der Waals surface area contributed by atoms with Crippen molar-refractivity contribution in [1.29, 1.82) is 0 Å². The third-order valence-electron chi connectivity index (χ3n) is 3.62. The van der Waals surface area contributed by atoms with E-state index in [1.165, 1.54) is 18.4 Å². The van der Waals surface area contributed by atoms with Crippen LogP contribution in [0.25, 0.3) is 0 Å². The molecule has 1 saturated carbocycles. The minimum Gasteiger partial charge on any atom is -0.319 e. The summed E-state index contributed by atoms with van der Waals surface area (Å²) in [5.74, 6) is 0.823. The Labute approximate surface area is 96.8 Å². The maximum atomic E-state index is 6.05. The zero-order valence-electron chi connectivity index (χ0n) is 9.39.